The van der Waals surface area contributed by atoms with Gasteiger partial charge in [0.2, 0.25) is 5.78 Å². The Kier molecular flexibility index (Phi) is 7.20. The van der Waals surface area contributed by atoms with Gasteiger partial charge in [0.1, 0.15) is 11.5 Å². The average Bonchev–Trinajstić information content (AvgIpc) is 3.02. The van der Waals surface area contributed by atoms with E-state index in [2.05, 4.69) is 0 Å². The minimum absolute atomic E-state index is 0.0218. The van der Waals surface area contributed by atoms with Gasteiger partial charge in [-0.1, -0.05) is 30.0 Å². The smallest absolute Gasteiger partial charge is 0.295 e. The quantitative estimate of drug-likeness (QED) is 0.375. The Balaban J connectivity index is 2.07. The van der Waals surface area contributed by atoms with Gasteiger partial charge < -0.3 is 24.4 Å². The summed E-state index contributed by atoms with van der Waals surface area (Å²) < 4.78 is 10.9. The highest BCUT2D eigenvalue weighted by molar-refractivity contribution is 6.46. The molecule has 2 aromatic carbocycles. The molecule has 1 aliphatic rings. The number of ether oxygens (including phenoxy) is 2. The fourth-order valence-electron chi connectivity index (χ4n) is 3.69. The predicted octanol–water partition coefficient (Wildman–Crippen LogP) is 0.851. The van der Waals surface area contributed by atoms with Gasteiger partial charge >= 0.3 is 0 Å². The van der Waals surface area contributed by atoms with Crippen molar-refractivity contribution in [1.82, 2.24) is 4.90 Å². The highest BCUT2D eigenvalue weighted by Gasteiger charge is 2.44. The number of likely N-dealkylation sites (tertiary alicyclic amines) is 1. The Morgan fingerprint density at radius 3 is 2.16 bits per heavy atom. The molecule has 170 valence electrons. The standard InChI is InChI=1S/C25H30N2O5/c1-16(2)32-20-12-6-17(7-13-20)22-21(23(28)18-8-10-19(31-5)11-9-18)24(29)25(30)27(22)15-14-26(3)4/h6-13,16,22,28H,14-15H2,1-5H3/b23-21+. The first kappa shape index (κ1) is 23.3. The molecule has 3 rings (SSSR count). The molecule has 0 spiro atoms. The fourth-order valence-corrected chi connectivity index (χ4v) is 3.69. The van der Waals surface area contributed by atoms with Crippen LogP contribution in [0.25, 0.3) is 5.76 Å². The van der Waals surface area contributed by atoms with Gasteiger partial charge in [-0.15, -0.1) is 0 Å². The summed E-state index contributed by atoms with van der Waals surface area (Å²) in [6.07, 6.45) is 0.0221. The van der Waals surface area contributed by atoms with E-state index in [1.54, 1.807) is 36.4 Å². The molecule has 0 radical (unpaired) electrons. The summed E-state index contributed by atoms with van der Waals surface area (Å²) in [6.45, 7) is 4.88. The number of carbonyl (C=O) groups is 2. The molecule has 1 fully saturated rings. The van der Waals surface area contributed by atoms with Crippen molar-refractivity contribution in [3.05, 3.63) is 65.2 Å². The van der Waals surface area contributed by atoms with Crippen LogP contribution in [0.15, 0.2) is 54.1 Å². The molecule has 32 heavy (non-hydrogen) atoms. The van der Waals surface area contributed by atoms with E-state index in [4.69, 9.17) is 9.47 Å². The Morgan fingerprint density at radius 1 is 1.03 bits per heavy atom. The van der Waals surface area contributed by atoms with Crippen LogP contribution >= 0.6 is 0 Å². The maximum Gasteiger partial charge on any atom is 0.295 e. The Hall–Kier alpha value is -3.32. The first-order chi connectivity index (χ1) is 15.2. The van der Waals surface area contributed by atoms with Crippen molar-refractivity contribution in [2.45, 2.75) is 26.0 Å². The predicted molar refractivity (Wildman–Crippen MR) is 119 cm³/mol. The number of Topliss-reactive ketones (excluding diaryl/α,β-unsaturated/α-hetero) is 1. The minimum Gasteiger partial charge on any atom is -0.872 e. The molecule has 1 heterocycles. The van der Waals surface area contributed by atoms with E-state index in [0.717, 1.165) is 4.90 Å². The molecule has 0 bridgehead atoms. The number of hydrogen-bond donors (Lipinski definition) is 1. The molecular weight excluding hydrogens is 408 g/mol. The maximum atomic E-state index is 13.4. The van der Waals surface area contributed by atoms with Crippen LogP contribution in [0.2, 0.25) is 0 Å². The summed E-state index contributed by atoms with van der Waals surface area (Å²) in [5, 5.41) is 13.4. The fraction of sp³-hybridized carbons (Fsp3) is 0.360. The van der Waals surface area contributed by atoms with E-state index in [1.165, 1.54) is 12.0 Å². The largest absolute Gasteiger partial charge is 0.872 e. The number of rotatable bonds is 8. The number of ketones is 1. The van der Waals surface area contributed by atoms with E-state index < -0.39 is 23.5 Å². The zero-order valence-electron chi connectivity index (χ0n) is 19.2. The molecule has 7 nitrogen and oxygen atoms in total. The minimum atomic E-state index is -0.743. The summed E-state index contributed by atoms with van der Waals surface area (Å²) in [5.41, 5.74) is 1.02. The molecular formula is C25H30N2O5. The van der Waals surface area contributed by atoms with Gasteiger partial charge in [-0.05, 0) is 49.2 Å². The maximum absolute atomic E-state index is 13.4. The summed E-state index contributed by atoms with van der Waals surface area (Å²) in [4.78, 5) is 28.5. The third-order valence-corrected chi connectivity index (χ3v) is 5.30. The Morgan fingerprint density at radius 2 is 1.62 bits per heavy atom. The number of methoxy groups -OCH3 is 1. The monoisotopic (exact) mass is 438 g/mol. The van der Waals surface area contributed by atoms with Crippen molar-refractivity contribution in [2.75, 3.05) is 34.3 Å². The van der Waals surface area contributed by atoms with Gasteiger partial charge in [-0.25, -0.2) is 0 Å². The Labute approximate surface area is 188 Å². The van der Waals surface area contributed by atoms with Crippen LogP contribution < -0.4 is 19.5 Å². The molecule has 1 aliphatic heterocycles. The topological polar surface area (TPSA) is 83.3 Å². The van der Waals surface area contributed by atoms with E-state index >= 15 is 0 Å². The first-order valence-corrected chi connectivity index (χ1v) is 10.7. The third kappa shape index (κ3) is 4.94. The molecule has 0 aromatic heterocycles. The van der Waals surface area contributed by atoms with Gasteiger partial charge in [0, 0.05) is 5.57 Å². The van der Waals surface area contributed by atoms with E-state index in [0.29, 0.717) is 35.7 Å². The number of nitrogens with one attached hydrogen (secondary N) is 1. The number of benzene rings is 2. The molecule has 1 N–H and O–H groups in total. The molecule has 1 saturated heterocycles. The van der Waals surface area contributed by atoms with Gasteiger partial charge in [-0.3, -0.25) is 9.59 Å². The number of hydrogen-bond acceptors (Lipinski definition) is 5. The molecule has 1 atom stereocenters. The van der Waals surface area contributed by atoms with Crippen LogP contribution in [-0.2, 0) is 9.59 Å². The van der Waals surface area contributed by atoms with Gasteiger partial charge in [0.25, 0.3) is 5.91 Å². The zero-order valence-corrected chi connectivity index (χ0v) is 19.2. The van der Waals surface area contributed by atoms with E-state index in [1.807, 2.05) is 40.1 Å². The molecule has 1 unspecified atom stereocenters. The van der Waals surface area contributed by atoms with Crippen molar-refractivity contribution in [3.8, 4) is 11.5 Å². The second-order valence-electron chi connectivity index (χ2n) is 8.39. The second kappa shape index (κ2) is 9.87. The number of carbonyl (C=O) groups excluding carboxylic acids is 2. The lowest BCUT2D eigenvalue weighted by molar-refractivity contribution is -0.857. The van der Waals surface area contributed by atoms with E-state index in [-0.39, 0.29) is 11.7 Å². The summed E-state index contributed by atoms with van der Waals surface area (Å²) >= 11 is 0. The van der Waals surface area contributed by atoms with Crippen molar-refractivity contribution in [1.29, 1.82) is 0 Å². The third-order valence-electron chi connectivity index (χ3n) is 5.30. The van der Waals surface area contributed by atoms with Crippen LogP contribution in [0.5, 0.6) is 11.5 Å². The van der Waals surface area contributed by atoms with Crippen LogP contribution in [0.4, 0.5) is 0 Å². The number of amides is 1. The summed E-state index contributed by atoms with van der Waals surface area (Å²) in [6, 6.07) is 13.0. The molecule has 2 aromatic rings. The highest BCUT2D eigenvalue weighted by Crippen LogP contribution is 2.39. The van der Waals surface area contributed by atoms with Gasteiger partial charge in [0.05, 0.1) is 46.4 Å². The number of nitrogens with zero attached hydrogens (tertiary/aromatic N) is 1. The molecule has 0 saturated carbocycles. The van der Waals surface area contributed by atoms with Crippen LogP contribution in [0.1, 0.15) is 31.0 Å². The second-order valence-corrected chi connectivity index (χ2v) is 8.39. The van der Waals surface area contributed by atoms with Gasteiger partial charge in [-0.2, -0.15) is 0 Å². The lowest BCUT2D eigenvalue weighted by atomic mass is 9.95. The SMILES string of the molecule is COc1ccc(/C([O-])=C2\C(=O)C(=O)N(CC[NH+](C)C)C2c2ccc(OC(C)C)cc2)cc1. The summed E-state index contributed by atoms with van der Waals surface area (Å²) in [7, 11) is 5.49. The molecule has 0 aliphatic carbocycles. The van der Waals surface area contributed by atoms with E-state index in [9.17, 15) is 14.7 Å². The normalized spacial score (nSPS) is 18.0. The first-order valence-electron chi connectivity index (χ1n) is 10.7. The lowest BCUT2D eigenvalue weighted by Gasteiger charge is -2.28. The highest BCUT2D eigenvalue weighted by atomic mass is 16.5. The van der Waals surface area contributed by atoms with Crippen LogP contribution in [-0.4, -0.2) is 57.0 Å². The summed E-state index contributed by atoms with van der Waals surface area (Å²) in [5.74, 6) is -0.541. The van der Waals surface area contributed by atoms with Crippen LogP contribution in [0, 0.1) is 0 Å². The van der Waals surface area contributed by atoms with Crippen molar-refractivity contribution in [2.24, 2.45) is 0 Å². The zero-order chi connectivity index (χ0) is 23.4. The number of likely N-dealkylation sites (N-methyl/N-ethyl adjacent to an activating group) is 1. The molecule has 1 amide bonds. The Bertz CT molecular complexity index is 994. The van der Waals surface area contributed by atoms with Crippen molar-refractivity contribution >= 4 is 17.4 Å². The molecule has 7 heteroatoms. The van der Waals surface area contributed by atoms with Crippen molar-refractivity contribution in [3.63, 3.8) is 0 Å². The van der Waals surface area contributed by atoms with Gasteiger partial charge in [0.15, 0.2) is 0 Å². The van der Waals surface area contributed by atoms with Crippen LogP contribution in [0.3, 0.4) is 0 Å². The van der Waals surface area contributed by atoms with Crippen molar-refractivity contribution < 1.29 is 29.1 Å². The average molecular weight is 439 g/mol. The lowest BCUT2D eigenvalue weighted by Crippen LogP contribution is -3.06. The number of quaternary nitrogens is 1.